The number of anilines is 1. The minimum absolute atomic E-state index is 0.0913. The van der Waals surface area contributed by atoms with Gasteiger partial charge in [0.25, 0.3) is 5.91 Å². The molecule has 20 heavy (non-hydrogen) atoms. The number of hydrogen-bond acceptors (Lipinski definition) is 4. The van der Waals surface area contributed by atoms with Crippen LogP contribution in [-0.2, 0) is 4.79 Å². The third-order valence-corrected chi connectivity index (χ3v) is 3.60. The molecule has 0 aromatic carbocycles. The van der Waals surface area contributed by atoms with Crippen molar-refractivity contribution >= 4 is 17.6 Å². The van der Waals surface area contributed by atoms with Crippen molar-refractivity contribution in [2.75, 3.05) is 18.0 Å². The molecule has 1 aliphatic heterocycles. The lowest BCUT2D eigenvalue weighted by Gasteiger charge is -2.25. The molecule has 1 aliphatic rings. The summed E-state index contributed by atoms with van der Waals surface area (Å²) in [6.07, 6.45) is 2.37. The normalized spacial score (nSPS) is 21.8. The highest BCUT2D eigenvalue weighted by atomic mass is 16.4. The highest BCUT2D eigenvalue weighted by Crippen LogP contribution is 2.29. The van der Waals surface area contributed by atoms with E-state index in [1.54, 1.807) is 18.3 Å². The van der Waals surface area contributed by atoms with Crippen LogP contribution in [0.15, 0.2) is 18.3 Å². The van der Waals surface area contributed by atoms with Gasteiger partial charge in [0, 0.05) is 25.0 Å². The first-order valence-electron chi connectivity index (χ1n) is 6.78. The van der Waals surface area contributed by atoms with Gasteiger partial charge in [-0.3, -0.25) is 9.78 Å². The summed E-state index contributed by atoms with van der Waals surface area (Å²) in [5, 5.41) is 12.0. The third kappa shape index (κ3) is 2.74. The monoisotopic (exact) mass is 277 g/mol. The number of carbonyl (C=O) groups excluding carboxylic acids is 1. The lowest BCUT2D eigenvalue weighted by molar-refractivity contribution is -0.139. The molecule has 2 rings (SSSR count). The zero-order valence-corrected chi connectivity index (χ0v) is 11.7. The number of nitrogens with one attached hydrogen (secondary N) is 1. The second-order valence-corrected chi connectivity index (χ2v) is 5.00. The maximum atomic E-state index is 11.8. The Morgan fingerprint density at radius 1 is 1.55 bits per heavy atom. The highest BCUT2D eigenvalue weighted by molar-refractivity contribution is 5.93. The molecule has 1 amide bonds. The number of hydrogen-bond donors (Lipinski definition) is 2. The summed E-state index contributed by atoms with van der Waals surface area (Å²) in [5.41, 5.74) is 1.05. The standard InChI is InChI=1S/C14H19N3O3/c1-3-15-13(18)11-8-10(4-6-16-11)17-7-5-9(2)12(17)14(19)20/h4,6,8-9,12H,3,5,7H2,1-2H3,(H,15,18)(H,19,20). The molecule has 108 valence electrons. The van der Waals surface area contributed by atoms with Gasteiger partial charge in [-0.05, 0) is 31.4 Å². The molecule has 0 bridgehead atoms. The number of aliphatic carboxylic acids is 1. The lowest BCUT2D eigenvalue weighted by Crippen LogP contribution is -2.39. The van der Waals surface area contributed by atoms with Crippen molar-refractivity contribution in [3.8, 4) is 0 Å². The molecular weight excluding hydrogens is 258 g/mol. The first-order valence-corrected chi connectivity index (χ1v) is 6.78. The van der Waals surface area contributed by atoms with Crippen LogP contribution in [0.3, 0.4) is 0 Å². The molecule has 1 aromatic heterocycles. The number of aromatic nitrogens is 1. The van der Waals surface area contributed by atoms with Crippen LogP contribution in [-0.4, -0.2) is 41.1 Å². The Labute approximate surface area is 117 Å². The first kappa shape index (κ1) is 14.3. The predicted molar refractivity (Wildman–Crippen MR) is 74.8 cm³/mol. The zero-order chi connectivity index (χ0) is 14.7. The summed E-state index contributed by atoms with van der Waals surface area (Å²) in [4.78, 5) is 29.0. The van der Waals surface area contributed by atoms with E-state index in [-0.39, 0.29) is 11.8 Å². The topological polar surface area (TPSA) is 82.5 Å². The maximum Gasteiger partial charge on any atom is 0.326 e. The Balaban J connectivity index is 2.27. The number of nitrogens with zero attached hydrogens (tertiary/aromatic N) is 2. The molecule has 0 aliphatic carbocycles. The number of pyridine rings is 1. The summed E-state index contributed by atoms with van der Waals surface area (Å²) in [6, 6.07) is 2.86. The Morgan fingerprint density at radius 2 is 2.30 bits per heavy atom. The Morgan fingerprint density at radius 3 is 2.95 bits per heavy atom. The second kappa shape index (κ2) is 5.90. The van der Waals surface area contributed by atoms with Crippen LogP contribution in [0, 0.1) is 5.92 Å². The highest BCUT2D eigenvalue weighted by Gasteiger charge is 2.36. The minimum atomic E-state index is -0.827. The van der Waals surface area contributed by atoms with Crippen molar-refractivity contribution in [3.63, 3.8) is 0 Å². The second-order valence-electron chi connectivity index (χ2n) is 5.00. The Hall–Kier alpha value is -2.11. The number of carboxylic acid groups (broad SMARTS) is 1. The average molecular weight is 277 g/mol. The van der Waals surface area contributed by atoms with Crippen LogP contribution in [0.25, 0.3) is 0 Å². The van der Waals surface area contributed by atoms with Crippen molar-refractivity contribution in [1.82, 2.24) is 10.3 Å². The molecule has 1 saturated heterocycles. The molecule has 1 fully saturated rings. The third-order valence-electron chi connectivity index (χ3n) is 3.60. The fourth-order valence-corrected chi connectivity index (χ4v) is 2.59. The zero-order valence-electron chi connectivity index (χ0n) is 11.7. The van der Waals surface area contributed by atoms with Crippen LogP contribution < -0.4 is 10.2 Å². The van der Waals surface area contributed by atoms with E-state index in [0.717, 1.165) is 12.1 Å². The molecule has 1 aromatic rings. The van der Waals surface area contributed by atoms with Gasteiger partial charge >= 0.3 is 5.97 Å². The maximum absolute atomic E-state index is 11.8. The average Bonchev–Trinajstić information content (AvgIpc) is 2.81. The Kier molecular flexibility index (Phi) is 4.22. The first-order chi connectivity index (χ1) is 9.54. The number of carboxylic acids is 1. The molecule has 2 unspecified atom stereocenters. The van der Waals surface area contributed by atoms with Gasteiger partial charge in [0.05, 0.1) is 0 Å². The smallest absolute Gasteiger partial charge is 0.326 e. The fraction of sp³-hybridized carbons (Fsp3) is 0.500. The lowest BCUT2D eigenvalue weighted by atomic mass is 10.0. The molecular formula is C14H19N3O3. The fourth-order valence-electron chi connectivity index (χ4n) is 2.59. The molecule has 2 N–H and O–H groups in total. The summed E-state index contributed by atoms with van der Waals surface area (Å²) in [6.45, 7) is 4.98. The van der Waals surface area contributed by atoms with E-state index in [2.05, 4.69) is 10.3 Å². The molecule has 0 spiro atoms. The quantitative estimate of drug-likeness (QED) is 0.862. The van der Waals surface area contributed by atoms with Gasteiger partial charge in [0.1, 0.15) is 11.7 Å². The molecule has 6 nitrogen and oxygen atoms in total. The van der Waals surface area contributed by atoms with Gasteiger partial charge in [-0.1, -0.05) is 6.92 Å². The van der Waals surface area contributed by atoms with Crippen LogP contribution in [0.5, 0.6) is 0 Å². The van der Waals surface area contributed by atoms with Gasteiger partial charge < -0.3 is 15.3 Å². The summed E-state index contributed by atoms with van der Waals surface area (Å²) in [5.74, 6) is -0.978. The van der Waals surface area contributed by atoms with E-state index >= 15 is 0 Å². The SMILES string of the molecule is CCNC(=O)c1cc(N2CCC(C)C2C(=O)O)ccn1. The Bertz CT molecular complexity index is 518. The van der Waals surface area contributed by atoms with E-state index in [9.17, 15) is 14.7 Å². The van der Waals surface area contributed by atoms with Crippen LogP contribution in [0.4, 0.5) is 5.69 Å². The van der Waals surface area contributed by atoms with Gasteiger partial charge in [-0.15, -0.1) is 0 Å². The molecule has 6 heteroatoms. The van der Waals surface area contributed by atoms with Crippen molar-refractivity contribution in [1.29, 1.82) is 0 Å². The van der Waals surface area contributed by atoms with Crippen LogP contribution in [0.2, 0.25) is 0 Å². The summed E-state index contributed by atoms with van der Waals surface area (Å²) >= 11 is 0. The summed E-state index contributed by atoms with van der Waals surface area (Å²) < 4.78 is 0. The van der Waals surface area contributed by atoms with Crippen molar-refractivity contribution in [2.45, 2.75) is 26.3 Å². The van der Waals surface area contributed by atoms with Crippen LogP contribution in [0.1, 0.15) is 30.8 Å². The van der Waals surface area contributed by atoms with E-state index in [4.69, 9.17) is 0 Å². The molecule has 2 heterocycles. The number of amides is 1. The van der Waals surface area contributed by atoms with Crippen molar-refractivity contribution < 1.29 is 14.7 Å². The number of rotatable bonds is 4. The van der Waals surface area contributed by atoms with Gasteiger partial charge in [0.15, 0.2) is 0 Å². The largest absolute Gasteiger partial charge is 0.480 e. The summed E-state index contributed by atoms with van der Waals surface area (Å²) in [7, 11) is 0. The van der Waals surface area contributed by atoms with E-state index in [1.165, 1.54) is 0 Å². The molecule has 0 saturated carbocycles. The van der Waals surface area contributed by atoms with E-state index < -0.39 is 12.0 Å². The number of carbonyl (C=O) groups is 2. The molecule has 2 atom stereocenters. The van der Waals surface area contributed by atoms with Crippen LogP contribution >= 0.6 is 0 Å². The van der Waals surface area contributed by atoms with E-state index in [1.807, 2.05) is 18.7 Å². The van der Waals surface area contributed by atoms with Crippen molar-refractivity contribution in [2.24, 2.45) is 5.92 Å². The van der Waals surface area contributed by atoms with Gasteiger partial charge in [-0.25, -0.2) is 4.79 Å². The van der Waals surface area contributed by atoms with E-state index in [0.29, 0.717) is 18.8 Å². The van der Waals surface area contributed by atoms with Gasteiger partial charge in [-0.2, -0.15) is 0 Å². The minimum Gasteiger partial charge on any atom is -0.480 e. The molecule has 0 radical (unpaired) electrons. The van der Waals surface area contributed by atoms with Crippen molar-refractivity contribution in [3.05, 3.63) is 24.0 Å². The predicted octanol–water partition coefficient (Wildman–Crippen LogP) is 1.13. The van der Waals surface area contributed by atoms with Gasteiger partial charge in [0.2, 0.25) is 0 Å².